The molecule has 86 valence electrons. The van der Waals surface area contributed by atoms with Crippen molar-refractivity contribution in [1.29, 1.82) is 0 Å². The van der Waals surface area contributed by atoms with Gasteiger partial charge in [0.05, 0.1) is 0 Å². The van der Waals surface area contributed by atoms with Crippen LogP contribution in [0, 0.1) is 5.92 Å². The lowest BCUT2D eigenvalue weighted by molar-refractivity contribution is 0.400. The minimum atomic E-state index is -0.173. The summed E-state index contributed by atoms with van der Waals surface area (Å²) in [6.07, 6.45) is 0.812. The highest BCUT2D eigenvalue weighted by Crippen LogP contribution is 2.20. The van der Waals surface area contributed by atoms with E-state index in [0.717, 1.165) is 6.42 Å². The Bertz CT molecular complexity index is 393. The quantitative estimate of drug-likeness (QED) is 0.774. The number of imidazole rings is 1. The summed E-state index contributed by atoms with van der Waals surface area (Å²) in [4.78, 5) is 11.9. The summed E-state index contributed by atoms with van der Waals surface area (Å²) in [6.45, 7) is 7.12. The Hall–Kier alpha value is -0.840. The minimum Gasteiger partial charge on any atom is -0.492 e. The van der Waals surface area contributed by atoms with E-state index >= 15 is 0 Å². The first-order chi connectivity index (χ1) is 6.99. The van der Waals surface area contributed by atoms with Gasteiger partial charge in [0.1, 0.15) is 5.03 Å². The molecule has 0 saturated carbocycles. The van der Waals surface area contributed by atoms with Crippen LogP contribution >= 0.6 is 12.6 Å². The standard InChI is InChI=1S/C10H18N2O2S/c1-4-5-11-8(13)9(15)12(10(11)14)6-7(2)3/h7,13,15H,4-6H2,1-3H3. The van der Waals surface area contributed by atoms with Crippen LogP contribution in [-0.4, -0.2) is 14.2 Å². The first kappa shape index (κ1) is 12.2. The fourth-order valence-corrected chi connectivity index (χ4v) is 1.81. The molecule has 1 N–H and O–H groups in total. The van der Waals surface area contributed by atoms with Gasteiger partial charge >= 0.3 is 5.69 Å². The summed E-state index contributed by atoms with van der Waals surface area (Å²) in [5.74, 6) is 0.330. The lowest BCUT2D eigenvalue weighted by Gasteiger charge is -2.05. The highest BCUT2D eigenvalue weighted by molar-refractivity contribution is 7.80. The van der Waals surface area contributed by atoms with Crippen LogP contribution in [-0.2, 0) is 13.1 Å². The van der Waals surface area contributed by atoms with Crippen LogP contribution in [0.4, 0.5) is 0 Å². The second-order valence-corrected chi connectivity index (χ2v) is 4.51. The summed E-state index contributed by atoms with van der Waals surface area (Å²) in [6, 6.07) is 0. The van der Waals surface area contributed by atoms with Crippen molar-refractivity contribution < 1.29 is 5.11 Å². The van der Waals surface area contributed by atoms with E-state index in [1.54, 1.807) is 0 Å². The molecule has 4 nitrogen and oxygen atoms in total. The normalized spacial score (nSPS) is 11.3. The van der Waals surface area contributed by atoms with E-state index < -0.39 is 0 Å². The van der Waals surface area contributed by atoms with E-state index in [1.165, 1.54) is 9.13 Å². The lowest BCUT2D eigenvalue weighted by Crippen LogP contribution is -2.26. The van der Waals surface area contributed by atoms with Crippen molar-refractivity contribution >= 4 is 12.6 Å². The Morgan fingerprint density at radius 2 is 2.00 bits per heavy atom. The van der Waals surface area contributed by atoms with Gasteiger partial charge in [-0.05, 0) is 12.3 Å². The monoisotopic (exact) mass is 230 g/mol. The molecule has 0 amide bonds. The number of aromatic hydroxyl groups is 1. The molecule has 0 radical (unpaired) electrons. The Labute approximate surface area is 94.9 Å². The predicted molar refractivity (Wildman–Crippen MR) is 62.7 cm³/mol. The van der Waals surface area contributed by atoms with Gasteiger partial charge in [0.25, 0.3) is 0 Å². The number of thiol groups is 1. The van der Waals surface area contributed by atoms with E-state index in [1.807, 2.05) is 20.8 Å². The Balaban J connectivity index is 3.18. The van der Waals surface area contributed by atoms with Crippen LogP contribution in [0.15, 0.2) is 9.82 Å². The molecule has 0 aliphatic rings. The zero-order valence-corrected chi connectivity index (χ0v) is 10.3. The molecule has 1 aromatic rings. The molecule has 0 aromatic carbocycles. The van der Waals surface area contributed by atoms with Crippen molar-refractivity contribution in [1.82, 2.24) is 9.13 Å². The van der Waals surface area contributed by atoms with Crippen LogP contribution in [0.2, 0.25) is 0 Å². The summed E-state index contributed by atoms with van der Waals surface area (Å²) in [5, 5.41) is 10.1. The van der Waals surface area contributed by atoms with E-state index in [0.29, 0.717) is 24.0 Å². The molecular formula is C10H18N2O2S. The van der Waals surface area contributed by atoms with Crippen molar-refractivity contribution in [3.8, 4) is 5.88 Å². The SMILES string of the molecule is CCCn1c(O)c(S)n(CC(C)C)c1=O. The average molecular weight is 230 g/mol. The summed E-state index contributed by atoms with van der Waals surface area (Å²) in [7, 11) is 0. The van der Waals surface area contributed by atoms with Crippen LogP contribution in [0.25, 0.3) is 0 Å². The van der Waals surface area contributed by atoms with E-state index in [2.05, 4.69) is 12.6 Å². The second-order valence-electron chi connectivity index (χ2n) is 4.09. The number of rotatable bonds is 4. The molecule has 0 saturated heterocycles. The molecule has 0 fully saturated rings. The molecule has 1 aromatic heterocycles. The van der Waals surface area contributed by atoms with Gasteiger partial charge in [-0.3, -0.25) is 9.13 Å². The summed E-state index contributed by atoms with van der Waals surface area (Å²) < 4.78 is 2.88. The first-order valence-corrected chi connectivity index (χ1v) is 5.65. The van der Waals surface area contributed by atoms with Crippen molar-refractivity contribution in [3.05, 3.63) is 10.5 Å². The van der Waals surface area contributed by atoms with Crippen molar-refractivity contribution in [2.24, 2.45) is 5.92 Å². The number of nitrogens with zero attached hydrogens (tertiary/aromatic N) is 2. The number of hydrogen-bond acceptors (Lipinski definition) is 3. The van der Waals surface area contributed by atoms with Crippen LogP contribution in [0.1, 0.15) is 27.2 Å². The maximum absolute atomic E-state index is 11.9. The molecule has 5 heteroatoms. The second kappa shape index (κ2) is 4.79. The maximum atomic E-state index is 11.9. The number of aromatic nitrogens is 2. The van der Waals surface area contributed by atoms with Gasteiger partial charge in [-0.2, -0.15) is 0 Å². The van der Waals surface area contributed by atoms with E-state index in [9.17, 15) is 9.90 Å². The third kappa shape index (κ3) is 2.40. The third-order valence-electron chi connectivity index (χ3n) is 2.17. The fourth-order valence-electron chi connectivity index (χ4n) is 1.52. The third-order valence-corrected chi connectivity index (χ3v) is 2.61. The minimum absolute atomic E-state index is 0.0224. The molecule has 0 bridgehead atoms. The topological polar surface area (TPSA) is 47.2 Å². The zero-order valence-electron chi connectivity index (χ0n) is 9.40. The van der Waals surface area contributed by atoms with Crippen molar-refractivity contribution in [2.75, 3.05) is 0 Å². The Kier molecular flexibility index (Phi) is 3.90. The smallest absolute Gasteiger partial charge is 0.331 e. The molecule has 15 heavy (non-hydrogen) atoms. The van der Waals surface area contributed by atoms with Gasteiger partial charge < -0.3 is 5.11 Å². The molecular weight excluding hydrogens is 212 g/mol. The van der Waals surface area contributed by atoms with Gasteiger partial charge in [-0.15, -0.1) is 12.6 Å². The van der Waals surface area contributed by atoms with Gasteiger partial charge in [-0.25, -0.2) is 4.79 Å². The molecule has 0 atom stereocenters. The van der Waals surface area contributed by atoms with Gasteiger partial charge in [-0.1, -0.05) is 20.8 Å². The Morgan fingerprint density at radius 1 is 1.40 bits per heavy atom. The Morgan fingerprint density at radius 3 is 2.47 bits per heavy atom. The lowest BCUT2D eigenvalue weighted by atomic mass is 10.2. The fraction of sp³-hybridized carbons (Fsp3) is 0.700. The van der Waals surface area contributed by atoms with Gasteiger partial charge in [0.15, 0.2) is 0 Å². The average Bonchev–Trinajstić information content (AvgIpc) is 2.35. The van der Waals surface area contributed by atoms with Gasteiger partial charge in [0, 0.05) is 13.1 Å². The van der Waals surface area contributed by atoms with E-state index in [-0.39, 0.29) is 11.6 Å². The van der Waals surface area contributed by atoms with Crippen molar-refractivity contribution in [2.45, 2.75) is 45.3 Å². The molecule has 0 spiro atoms. The molecule has 1 rings (SSSR count). The molecule has 0 unspecified atom stereocenters. The van der Waals surface area contributed by atoms with Gasteiger partial charge in [0.2, 0.25) is 5.88 Å². The van der Waals surface area contributed by atoms with Crippen LogP contribution in [0.5, 0.6) is 5.88 Å². The van der Waals surface area contributed by atoms with E-state index in [4.69, 9.17) is 0 Å². The highest BCUT2D eigenvalue weighted by Gasteiger charge is 2.16. The van der Waals surface area contributed by atoms with Crippen LogP contribution < -0.4 is 5.69 Å². The number of hydrogen-bond donors (Lipinski definition) is 2. The first-order valence-electron chi connectivity index (χ1n) is 5.20. The summed E-state index contributed by atoms with van der Waals surface area (Å²) >= 11 is 4.16. The largest absolute Gasteiger partial charge is 0.492 e. The van der Waals surface area contributed by atoms with Crippen LogP contribution in [0.3, 0.4) is 0 Å². The molecule has 1 heterocycles. The summed E-state index contributed by atoms with van der Waals surface area (Å²) in [5.41, 5.74) is -0.173. The zero-order chi connectivity index (χ0) is 11.6. The molecule has 0 aliphatic carbocycles. The predicted octanol–water partition coefficient (Wildman–Crippen LogP) is 1.71. The maximum Gasteiger partial charge on any atom is 0.331 e. The van der Waals surface area contributed by atoms with Crippen molar-refractivity contribution in [3.63, 3.8) is 0 Å². The highest BCUT2D eigenvalue weighted by atomic mass is 32.1. The molecule has 0 aliphatic heterocycles.